The summed E-state index contributed by atoms with van der Waals surface area (Å²) in [6, 6.07) is -0.739. The van der Waals surface area contributed by atoms with Crippen LogP contribution in [0.2, 0.25) is 0 Å². The summed E-state index contributed by atoms with van der Waals surface area (Å²) >= 11 is 0. The predicted molar refractivity (Wildman–Crippen MR) is 137 cm³/mol. The number of alkyl halides is 3. The van der Waals surface area contributed by atoms with Gasteiger partial charge in [-0.2, -0.15) is 13.2 Å². The van der Waals surface area contributed by atoms with E-state index < -0.39 is 71.4 Å². The number of fused-ring (bicyclic) bond motifs is 1. The van der Waals surface area contributed by atoms with Gasteiger partial charge in [0.25, 0.3) is 11.8 Å². The van der Waals surface area contributed by atoms with Gasteiger partial charge in [-0.3, -0.25) is 24.0 Å². The molecule has 0 spiro atoms. The SMILES string of the molecule is CC1(C)[C@@H]2[C@@H](C(=O)N[C@@H](C[C@@H]3CCNC3=O)C(=O)C(=O)NC3CC3)N(C(=O)COc3ccc(C(F)(F)F)cc3F)C[C@@H]21. The highest BCUT2D eigenvalue weighted by atomic mass is 19.4. The van der Waals surface area contributed by atoms with Crippen LogP contribution < -0.4 is 20.7 Å². The minimum Gasteiger partial charge on any atom is -0.481 e. The lowest BCUT2D eigenvalue weighted by Crippen LogP contribution is -2.56. The fourth-order valence-corrected chi connectivity index (χ4v) is 6.15. The highest BCUT2D eigenvalue weighted by Gasteiger charge is 2.69. The number of likely N-dealkylation sites (tertiary alicyclic amines) is 1. The first-order valence-electron chi connectivity index (χ1n) is 13.9. The van der Waals surface area contributed by atoms with Gasteiger partial charge in [-0.25, -0.2) is 4.39 Å². The van der Waals surface area contributed by atoms with Crippen LogP contribution >= 0.6 is 0 Å². The average molecular weight is 597 g/mol. The van der Waals surface area contributed by atoms with Gasteiger partial charge in [0, 0.05) is 25.0 Å². The molecule has 0 unspecified atom stereocenters. The molecule has 228 valence electrons. The van der Waals surface area contributed by atoms with Crippen LogP contribution in [0.3, 0.4) is 0 Å². The predicted octanol–water partition coefficient (Wildman–Crippen LogP) is 1.57. The lowest BCUT2D eigenvalue weighted by Gasteiger charge is -2.31. The maximum absolute atomic E-state index is 14.2. The van der Waals surface area contributed by atoms with E-state index in [4.69, 9.17) is 4.74 Å². The lowest BCUT2D eigenvalue weighted by atomic mass is 9.94. The molecule has 4 fully saturated rings. The maximum atomic E-state index is 14.2. The van der Waals surface area contributed by atoms with Crippen molar-refractivity contribution in [3.05, 3.63) is 29.6 Å². The summed E-state index contributed by atoms with van der Waals surface area (Å²) in [6.45, 7) is 3.73. The van der Waals surface area contributed by atoms with E-state index in [1.807, 2.05) is 13.8 Å². The molecule has 0 radical (unpaired) electrons. The first-order chi connectivity index (χ1) is 19.7. The molecule has 4 amide bonds. The first-order valence-corrected chi connectivity index (χ1v) is 13.9. The zero-order valence-electron chi connectivity index (χ0n) is 23.1. The Labute approximate surface area is 238 Å². The second-order valence-corrected chi connectivity index (χ2v) is 12.1. The Kier molecular flexibility index (Phi) is 7.69. The highest BCUT2D eigenvalue weighted by Crippen LogP contribution is 2.64. The van der Waals surface area contributed by atoms with Gasteiger partial charge in [0.2, 0.25) is 17.6 Å². The fourth-order valence-electron chi connectivity index (χ4n) is 6.15. The average Bonchev–Trinajstić information content (AvgIpc) is 3.68. The lowest BCUT2D eigenvalue weighted by molar-refractivity contribution is -0.144. The van der Waals surface area contributed by atoms with E-state index in [0.717, 1.165) is 18.9 Å². The maximum Gasteiger partial charge on any atom is 0.416 e. The Hall–Kier alpha value is -3.71. The smallest absolute Gasteiger partial charge is 0.416 e. The summed E-state index contributed by atoms with van der Waals surface area (Å²) in [5.41, 5.74) is -1.50. The van der Waals surface area contributed by atoms with Crippen molar-refractivity contribution >= 4 is 29.4 Å². The molecule has 5 atom stereocenters. The fraction of sp³-hybridized carbons (Fsp3) is 0.607. The number of carbonyl (C=O) groups excluding carboxylic acids is 5. The number of Topliss-reactive ketones (excluding diaryl/α,β-unsaturated/α-hetero) is 1. The van der Waals surface area contributed by atoms with Crippen molar-refractivity contribution in [1.29, 1.82) is 0 Å². The van der Waals surface area contributed by atoms with Crippen LogP contribution in [0.5, 0.6) is 5.75 Å². The van der Waals surface area contributed by atoms with E-state index in [2.05, 4.69) is 16.0 Å². The Morgan fingerprint density at radius 2 is 1.88 bits per heavy atom. The van der Waals surface area contributed by atoms with Crippen LogP contribution in [0.1, 0.15) is 45.1 Å². The molecule has 5 rings (SSSR count). The molecule has 14 heteroatoms. The molecule has 2 aliphatic carbocycles. The van der Waals surface area contributed by atoms with Crippen molar-refractivity contribution in [2.45, 2.75) is 63.8 Å². The van der Waals surface area contributed by atoms with Gasteiger partial charge < -0.3 is 25.6 Å². The number of hydrogen-bond acceptors (Lipinski definition) is 6. The van der Waals surface area contributed by atoms with E-state index >= 15 is 0 Å². The van der Waals surface area contributed by atoms with Gasteiger partial charge in [0.15, 0.2) is 18.2 Å². The summed E-state index contributed by atoms with van der Waals surface area (Å²) in [5.74, 6) is -6.10. The third kappa shape index (κ3) is 5.93. The number of ether oxygens (including phenoxy) is 1. The van der Waals surface area contributed by atoms with E-state index in [9.17, 15) is 41.5 Å². The first kappa shape index (κ1) is 29.8. The van der Waals surface area contributed by atoms with Gasteiger partial charge in [-0.1, -0.05) is 13.8 Å². The number of nitrogens with zero attached hydrogens (tertiary/aromatic N) is 1. The minimum absolute atomic E-state index is 0.0482. The van der Waals surface area contributed by atoms with Crippen LogP contribution in [0.15, 0.2) is 18.2 Å². The van der Waals surface area contributed by atoms with Crippen molar-refractivity contribution in [3.8, 4) is 5.75 Å². The number of piperidine rings is 1. The van der Waals surface area contributed by atoms with Crippen LogP contribution in [0.25, 0.3) is 0 Å². The van der Waals surface area contributed by atoms with E-state index in [1.54, 1.807) is 0 Å². The molecular weight excluding hydrogens is 564 g/mol. The van der Waals surface area contributed by atoms with Gasteiger partial charge >= 0.3 is 6.18 Å². The molecule has 1 aromatic rings. The van der Waals surface area contributed by atoms with Gasteiger partial charge in [0.1, 0.15) is 6.04 Å². The van der Waals surface area contributed by atoms with E-state index in [1.165, 1.54) is 4.90 Å². The molecule has 2 saturated carbocycles. The Balaban J connectivity index is 1.29. The van der Waals surface area contributed by atoms with Crippen molar-refractivity contribution in [2.24, 2.45) is 23.2 Å². The normalized spacial score (nSPS) is 26.6. The molecule has 42 heavy (non-hydrogen) atoms. The Morgan fingerprint density at radius 1 is 1.17 bits per heavy atom. The third-order valence-corrected chi connectivity index (χ3v) is 8.86. The second-order valence-electron chi connectivity index (χ2n) is 12.1. The molecule has 3 N–H and O–H groups in total. The molecule has 2 aliphatic heterocycles. The summed E-state index contributed by atoms with van der Waals surface area (Å²) < 4.78 is 58.0. The van der Waals surface area contributed by atoms with Crippen molar-refractivity contribution < 1.29 is 46.3 Å². The molecule has 0 bridgehead atoms. The van der Waals surface area contributed by atoms with Crippen LogP contribution in [-0.2, 0) is 30.1 Å². The van der Waals surface area contributed by atoms with Gasteiger partial charge in [-0.15, -0.1) is 0 Å². The number of benzene rings is 1. The van der Waals surface area contributed by atoms with Crippen LogP contribution in [0.4, 0.5) is 17.6 Å². The highest BCUT2D eigenvalue weighted by molar-refractivity contribution is 6.38. The number of nitrogens with one attached hydrogen (secondary N) is 3. The summed E-state index contributed by atoms with van der Waals surface area (Å²) in [4.78, 5) is 66.0. The standard InChI is InChI=1S/C28H32F4N4O6/c1-27(2)16-11-36(20(37)12-42-19-6-3-14(10-17(19)29)28(30,31)32)22(21(16)27)25(40)35-18(9-13-7-8-33-24(13)39)23(38)26(41)34-15-4-5-15/h3,6,10,13,15-16,18,21-22H,4-5,7-9,11-12H2,1-2H3,(H,33,39)(H,34,41)(H,35,40)/t13-,16-,18-,21-,22-/m0/s1. The van der Waals surface area contributed by atoms with Gasteiger partial charge in [0.05, 0.1) is 11.6 Å². The van der Waals surface area contributed by atoms with Crippen LogP contribution in [-0.4, -0.2) is 72.1 Å². The molecule has 4 aliphatic rings. The topological polar surface area (TPSA) is 134 Å². The van der Waals surface area contributed by atoms with E-state index in [-0.39, 0.29) is 48.2 Å². The zero-order valence-corrected chi connectivity index (χ0v) is 23.1. The number of carbonyl (C=O) groups is 5. The summed E-state index contributed by atoms with van der Waals surface area (Å²) in [6.07, 6.45) is -2.90. The van der Waals surface area contributed by atoms with Crippen LogP contribution in [0, 0.1) is 29.0 Å². The van der Waals surface area contributed by atoms with E-state index in [0.29, 0.717) is 19.0 Å². The molecule has 10 nitrogen and oxygen atoms in total. The monoisotopic (exact) mass is 596 g/mol. The molecule has 0 aromatic heterocycles. The number of rotatable bonds is 10. The molecular formula is C28H32F4N4O6. The molecule has 2 heterocycles. The zero-order chi connectivity index (χ0) is 30.6. The Bertz CT molecular complexity index is 1310. The Morgan fingerprint density at radius 3 is 2.48 bits per heavy atom. The van der Waals surface area contributed by atoms with Crippen molar-refractivity contribution in [2.75, 3.05) is 19.7 Å². The second kappa shape index (κ2) is 10.8. The summed E-state index contributed by atoms with van der Waals surface area (Å²) in [5, 5.41) is 7.91. The molecule has 2 saturated heterocycles. The third-order valence-electron chi connectivity index (χ3n) is 8.86. The number of ketones is 1. The van der Waals surface area contributed by atoms with Crippen molar-refractivity contribution in [1.82, 2.24) is 20.9 Å². The molecule has 1 aromatic carbocycles. The number of amides is 4. The van der Waals surface area contributed by atoms with Gasteiger partial charge in [-0.05, 0) is 61.1 Å². The minimum atomic E-state index is -4.75. The summed E-state index contributed by atoms with van der Waals surface area (Å²) in [7, 11) is 0. The number of halogens is 4. The quantitative estimate of drug-likeness (QED) is 0.278. The largest absolute Gasteiger partial charge is 0.481 e. The van der Waals surface area contributed by atoms with Crippen molar-refractivity contribution in [3.63, 3.8) is 0 Å². The number of hydrogen-bond donors (Lipinski definition) is 3.